The van der Waals surface area contributed by atoms with Crippen LogP contribution < -0.4 is 5.73 Å². The first-order valence-electron chi connectivity index (χ1n) is 6.35. The first kappa shape index (κ1) is 11.2. The number of nitrogens with two attached hydrogens (primary N) is 1. The molecular weight excluding hydrogens is 222 g/mol. The quantitative estimate of drug-likeness (QED) is 0.593. The third kappa shape index (κ3) is 1.50. The minimum atomic E-state index is 0.170. The van der Waals surface area contributed by atoms with Gasteiger partial charge >= 0.3 is 0 Å². The van der Waals surface area contributed by atoms with Gasteiger partial charge in [0.2, 0.25) is 0 Å². The number of rotatable bonds is 1. The van der Waals surface area contributed by atoms with Gasteiger partial charge in [-0.05, 0) is 61.9 Å². The average molecular weight is 239 g/mol. The first-order valence-corrected chi connectivity index (χ1v) is 6.35. The van der Waals surface area contributed by atoms with Gasteiger partial charge in [0.1, 0.15) is 5.84 Å². The molecule has 3 N–H and O–H groups in total. The zero-order chi connectivity index (χ0) is 12.9. The number of fused-ring (bicyclic) bond motifs is 2. The number of nitrogens with zero attached hydrogens (tertiary/aromatic N) is 1. The van der Waals surface area contributed by atoms with Crippen LogP contribution in [0.4, 0.5) is 0 Å². The Morgan fingerprint density at radius 2 is 1.94 bits per heavy atom. The predicted octanol–water partition coefficient (Wildman–Crippen LogP) is 2.62. The minimum Gasteiger partial charge on any atom is -0.384 e. The summed E-state index contributed by atoms with van der Waals surface area (Å²) in [5, 5.41) is 8.89. The van der Waals surface area contributed by atoms with E-state index in [1.165, 1.54) is 16.7 Å². The van der Waals surface area contributed by atoms with Gasteiger partial charge in [-0.25, -0.2) is 0 Å². The predicted molar refractivity (Wildman–Crippen MR) is 74.3 cm³/mol. The third-order valence-electron chi connectivity index (χ3n) is 3.90. The Bertz CT molecular complexity index is 671. The van der Waals surface area contributed by atoms with Crippen LogP contribution in [-0.2, 0) is 12.8 Å². The molecule has 0 atom stereocenters. The molecule has 0 radical (unpaired) electrons. The van der Waals surface area contributed by atoms with Crippen LogP contribution in [-0.4, -0.2) is 10.8 Å². The highest BCUT2D eigenvalue weighted by Gasteiger charge is 2.21. The molecule has 1 aromatic heterocycles. The second-order valence-corrected chi connectivity index (χ2v) is 5.13. The zero-order valence-electron chi connectivity index (χ0n) is 10.8. The molecule has 0 fully saturated rings. The number of nitrogen functional groups attached to an aromatic ring is 1. The van der Waals surface area contributed by atoms with Crippen molar-refractivity contribution >= 4 is 16.7 Å². The summed E-state index contributed by atoms with van der Waals surface area (Å²) in [6, 6.07) is 4.22. The number of benzene rings is 1. The van der Waals surface area contributed by atoms with Crippen molar-refractivity contribution in [1.29, 1.82) is 5.41 Å². The van der Waals surface area contributed by atoms with Crippen molar-refractivity contribution in [2.45, 2.75) is 33.1 Å². The molecule has 18 heavy (non-hydrogen) atoms. The van der Waals surface area contributed by atoms with Crippen molar-refractivity contribution in [3.8, 4) is 0 Å². The SMILES string of the molecule is Cc1cc2nc3c(c(C(=N)N)c2cc1C)CCC3. The highest BCUT2D eigenvalue weighted by atomic mass is 14.7. The number of hydrogen-bond acceptors (Lipinski definition) is 2. The van der Waals surface area contributed by atoms with Gasteiger partial charge in [-0.3, -0.25) is 10.4 Å². The molecule has 0 spiro atoms. The summed E-state index contributed by atoms with van der Waals surface area (Å²) in [6.07, 6.45) is 3.13. The molecule has 0 aliphatic heterocycles. The van der Waals surface area contributed by atoms with Crippen molar-refractivity contribution in [3.63, 3.8) is 0 Å². The molecule has 3 heteroatoms. The third-order valence-corrected chi connectivity index (χ3v) is 3.90. The van der Waals surface area contributed by atoms with Gasteiger partial charge < -0.3 is 5.73 Å². The Kier molecular flexibility index (Phi) is 2.37. The summed E-state index contributed by atoms with van der Waals surface area (Å²) < 4.78 is 0. The Labute approximate surface area is 107 Å². The van der Waals surface area contributed by atoms with Gasteiger partial charge in [0.25, 0.3) is 0 Å². The molecule has 92 valence electrons. The molecule has 3 rings (SSSR count). The highest BCUT2D eigenvalue weighted by molar-refractivity contribution is 6.08. The second-order valence-electron chi connectivity index (χ2n) is 5.13. The van der Waals surface area contributed by atoms with Crippen molar-refractivity contribution in [1.82, 2.24) is 4.98 Å². The summed E-state index contributed by atoms with van der Waals surface area (Å²) in [5.41, 5.74) is 12.5. The highest BCUT2D eigenvalue weighted by Crippen LogP contribution is 2.30. The fourth-order valence-corrected chi connectivity index (χ4v) is 2.83. The van der Waals surface area contributed by atoms with Gasteiger partial charge in [0.15, 0.2) is 0 Å². The number of nitrogens with one attached hydrogen (secondary N) is 1. The summed E-state index contributed by atoms with van der Waals surface area (Å²) >= 11 is 0. The fourth-order valence-electron chi connectivity index (χ4n) is 2.83. The Morgan fingerprint density at radius 3 is 2.67 bits per heavy atom. The van der Waals surface area contributed by atoms with E-state index in [9.17, 15) is 0 Å². The van der Waals surface area contributed by atoms with Crippen LogP contribution in [0.15, 0.2) is 12.1 Å². The zero-order valence-corrected chi connectivity index (χ0v) is 10.8. The topological polar surface area (TPSA) is 62.8 Å². The van der Waals surface area contributed by atoms with E-state index in [-0.39, 0.29) is 5.84 Å². The van der Waals surface area contributed by atoms with E-state index in [2.05, 4.69) is 26.0 Å². The number of aryl methyl sites for hydroxylation is 3. The maximum absolute atomic E-state index is 7.86. The lowest BCUT2D eigenvalue weighted by Crippen LogP contribution is -2.15. The largest absolute Gasteiger partial charge is 0.384 e. The lowest BCUT2D eigenvalue weighted by molar-refractivity contribution is 0.901. The van der Waals surface area contributed by atoms with Crippen LogP contribution >= 0.6 is 0 Å². The van der Waals surface area contributed by atoms with Crippen LogP contribution in [0.5, 0.6) is 0 Å². The summed E-state index contributed by atoms with van der Waals surface area (Å²) in [5.74, 6) is 0.170. The van der Waals surface area contributed by atoms with E-state index < -0.39 is 0 Å². The maximum Gasteiger partial charge on any atom is 0.123 e. The number of pyridine rings is 1. The van der Waals surface area contributed by atoms with Gasteiger partial charge in [0, 0.05) is 16.6 Å². The van der Waals surface area contributed by atoms with Gasteiger partial charge in [-0.1, -0.05) is 0 Å². The minimum absolute atomic E-state index is 0.170. The van der Waals surface area contributed by atoms with Gasteiger partial charge in [-0.15, -0.1) is 0 Å². The van der Waals surface area contributed by atoms with Crippen LogP contribution in [0, 0.1) is 19.3 Å². The van der Waals surface area contributed by atoms with Crippen LogP contribution in [0.25, 0.3) is 10.9 Å². The van der Waals surface area contributed by atoms with Crippen LogP contribution in [0.1, 0.15) is 34.4 Å². The van der Waals surface area contributed by atoms with E-state index >= 15 is 0 Å². The molecule has 1 aromatic carbocycles. The molecule has 2 aromatic rings. The molecule has 0 saturated carbocycles. The molecular formula is C15H17N3. The standard InChI is InChI=1S/C15H17N3/c1-8-6-11-13(7-9(8)2)18-12-5-3-4-10(12)14(11)15(16)17/h6-7H,3-5H2,1-2H3,(H3,16,17). The first-order chi connectivity index (χ1) is 8.58. The second kappa shape index (κ2) is 3.80. The summed E-state index contributed by atoms with van der Waals surface area (Å²) in [4.78, 5) is 4.75. The summed E-state index contributed by atoms with van der Waals surface area (Å²) in [7, 11) is 0. The maximum atomic E-state index is 7.86. The molecule has 0 amide bonds. The number of amidine groups is 1. The summed E-state index contributed by atoms with van der Waals surface area (Å²) in [6.45, 7) is 4.18. The van der Waals surface area contributed by atoms with Crippen LogP contribution in [0.2, 0.25) is 0 Å². The van der Waals surface area contributed by atoms with Crippen LogP contribution in [0.3, 0.4) is 0 Å². The van der Waals surface area contributed by atoms with Gasteiger partial charge in [0.05, 0.1) is 5.52 Å². The number of hydrogen-bond donors (Lipinski definition) is 2. The molecule has 0 bridgehead atoms. The smallest absolute Gasteiger partial charge is 0.123 e. The Balaban J connectivity index is 2.46. The molecule has 0 saturated heterocycles. The lowest BCUT2D eigenvalue weighted by atomic mass is 9.97. The number of aromatic nitrogens is 1. The van der Waals surface area contributed by atoms with E-state index in [0.717, 1.165) is 41.4 Å². The monoisotopic (exact) mass is 239 g/mol. The van der Waals surface area contributed by atoms with Crippen molar-refractivity contribution in [2.75, 3.05) is 0 Å². The van der Waals surface area contributed by atoms with Gasteiger partial charge in [-0.2, -0.15) is 0 Å². The Morgan fingerprint density at radius 1 is 1.22 bits per heavy atom. The van der Waals surface area contributed by atoms with E-state index in [1.807, 2.05) is 0 Å². The van der Waals surface area contributed by atoms with E-state index in [0.29, 0.717) is 0 Å². The molecule has 0 unspecified atom stereocenters. The fraction of sp³-hybridized carbons (Fsp3) is 0.333. The normalized spacial score (nSPS) is 13.9. The van der Waals surface area contributed by atoms with Crippen molar-refractivity contribution in [3.05, 3.63) is 40.1 Å². The van der Waals surface area contributed by atoms with Crippen molar-refractivity contribution < 1.29 is 0 Å². The molecule has 3 nitrogen and oxygen atoms in total. The average Bonchev–Trinajstić information content (AvgIpc) is 2.74. The van der Waals surface area contributed by atoms with E-state index in [1.54, 1.807) is 0 Å². The lowest BCUT2D eigenvalue weighted by Gasteiger charge is -2.12. The Hall–Kier alpha value is -1.90. The molecule has 1 aliphatic rings. The molecule has 1 aliphatic carbocycles. The van der Waals surface area contributed by atoms with E-state index in [4.69, 9.17) is 16.1 Å². The van der Waals surface area contributed by atoms with Crippen molar-refractivity contribution in [2.24, 2.45) is 5.73 Å². The molecule has 1 heterocycles.